The van der Waals surface area contributed by atoms with Gasteiger partial charge in [0, 0.05) is 18.4 Å². The summed E-state index contributed by atoms with van der Waals surface area (Å²) in [5, 5.41) is 2.90. The number of aryl methyl sites for hydroxylation is 1. The van der Waals surface area contributed by atoms with Crippen molar-refractivity contribution in [2.45, 2.75) is 33.2 Å². The highest BCUT2D eigenvalue weighted by atomic mass is 16.1. The molecule has 3 N–H and O–H groups in total. The number of anilines is 2. The molecule has 1 heterocycles. The molecule has 106 valence electrons. The smallest absolute Gasteiger partial charge is 0.272 e. The molecule has 0 aliphatic rings. The molecule has 0 spiro atoms. The predicted molar refractivity (Wildman–Crippen MR) is 83.0 cm³/mol. The van der Waals surface area contributed by atoms with Crippen molar-refractivity contribution >= 4 is 17.3 Å². The van der Waals surface area contributed by atoms with Crippen LogP contribution in [0.3, 0.4) is 0 Å². The van der Waals surface area contributed by atoms with E-state index in [4.69, 9.17) is 5.73 Å². The molecular formula is C16H21N3O. The Morgan fingerprint density at radius 1 is 1.30 bits per heavy atom. The third kappa shape index (κ3) is 3.02. The van der Waals surface area contributed by atoms with Crippen molar-refractivity contribution in [3.8, 4) is 0 Å². The topological polar surface area (TPSA) is 60.0 Å². The molecule has 0 aliphatic carbocycles. The van der Waals surface area contributed by atoms with Crippen LogP contribution >= 0.6 is 0 Å². The molecule has 1 aromatic heterocycles. The Hall–Kier alpha value is -2.23. The average Bonchev–Trinajstić information content (AvgIpc) is 2.80. The van der Waals surface area contributed by atoms with Gasteiger partial charge in [0.1, 0.15) is 5.69 Å². The summed E-state index contributed by atoms with van der Waals surface area (Å²) in [4.78, 5) is 12.2. The maximum Gasteiger partial charge on any atom is 0.272 e. The van der Waals surface area contributed by atoms with Crippen molar-refractivity contribution < 1.29 is 4.79 Å². The van der Waals surface area contributed by atoms with Gasteiger partial charge in [0.2, 0.25) is 0 Å². The van der Waals surface area contributed by atoms with Crippen LogP contribution in [0, 0.1) is 0 Å². The van der Waals surface area contributed by atoms with Gasteiger partial charge in [-0.1, -0.05) is 26.0 Å². The molecule has 20 heavy (non-hydrogen) atoms. The molecule has 2 aromatic rings. The third-order valence-electron chi connectivity index (χ3n) is 3.33. The summed E-state index contributed by atoms with van der Waals surface area (Å²) in [6, 6.07) is 9.62. The van der Waals surface area contributed by atoms with Gasteiger partial charge in [-0.25, -0.2) is 0 Å². The van der Waals surface area contributed by atoms with E-state index in [1.165, 1.54) is 5.56 Å². The summed E-state index contributed by atoms with van der Waals surface area (Å²) in [6.45, 7) is 6.98. The summed E-state index contributed by atoms with van der Waals surface area (Å²) in [7, 11) is 0. The van der Waals surface area contributed by atoms with E-state index < -0.39 is 0 Å². The molecule has 4 nitrogen and oxygen atoms in total. The van der Waals surface area contributed by atoms with E-state index in [0.29, 0.717) is 23.8 Å². The lowest BCUT2D eigenvalue weighted by Gasteiger charge is -2.09. The zero-order valence-electron chi connectivity index (χ0n) is 12.2. The van der Waals surface area contributed by atoms with E-state index in [0.717, 1.165) is 5.69 Å². The fraction of sp³-hybridized carbons (Fsp3) is 0.312. The quantitative estimate of drug-likeness (QED) is 0.894. The first kappa shape index (κ1) is 14.2. The molecule has 4 heteroatoms. The van der Waals surface area contributed by atoms with Crippen molar-refractivity contribution in [2.24, 2.45) is 0 Å². The van der Waals surface area contributed by atoms with E-state index in [1.54, 1.807) is 12.3 Å². The number of carbonyl (C=O) groups is 1. The Kier molecular flexibility index (Phi) is 4.13. The molecule has 0 atom stereocenters. The fourth-order valence-electron chi connectivity index (χ4n) is 2.13. The van der Waals surface area contributed by atoms with Crippen molar-refractivity contribution in [3.05, 3.63) is 47.8 Å². The number of carbonyl (C=O) groups excluding carboxylic acids is 1. The minimum absolute atomic E-state index is 0.138. The number of nitrogens with two attached hydrogens (primary N) is 1. The molecular weight excluding hydrogens is 250 g/mol. The summed E-state index contributed by atoms with van der Waals surface area (Å²) in [5.74, 6) is 0.345. The average molecular weight is 271 g/mol. The Bertz CT molecular complexity index is 597. The number of hydrogen-bond acceptors (Lipinski definition) is 2. The van der Waals surface area contributed by atoms with Crippen LogP contribution in [0.25, 0.3) is 0 Å². The molecule has 0 radical (unpaired) electrons. The second kappa shape index (κ2) is 5.82. The van der Waals surface area contributed by atoms with Gasteiger partial charge in [0.05, 0.1) is 5.69 Å². The highest BCUT2D eigenvalue weighted by molar-refractivity contribution is 6.03. The molecule has 1 amide bonds. The molecule has 0 saturated carbocycles. The van der Waals surface area contributed by atoms with Crippen LogP contribution in [-0.2, 0) is 6.54 Å². The molecule has 0 bridgehead atoms. The molecule has 0 aliphatic heterocycles. The molecule has 2 rings (SSSR count). The number of amides is 1. The van der Waals surface area contributed by atoms with Gasteiger partial charge in [-0.3, -0.25) is 4.79 Å². The van der Waals surface area contributed by atoms with Crippen molar-refractivity contribution in [2.75, 3.05) is 11.1 Å². The van der Waals surface area contributed by atoms with Crippen LogP contribution in [0.4, 0.5) is 11.4 Å². The van der Waals surface area contributed by atoms with Gasteiger partial charge >= 0.3 is 0 Å². The molecule has 0 fully saturated rings. The third-order valence-corrected chi connectivity index (χ3v) is 3.33. The van der Waals surface area contributed by atoms with E-state index in [-0.39, 0.29) is 5.91 Å². The lowest BCUT2D eigenvalue weighted by molar-refractivity contribution is 0.101. The summed E-state index contributed by atoms with van der Waals surface area (Å²) >= 11 is 0. The van der Waals surface area contributed by atoms with Gasteiger partial charge in [-0.2, -0.15) is 0 Å². The van der Waals surface area contributed by atoms with Crippen LogP contribution < -0.4 is 11.1 Å². The zero-order chi connectivity index (χ0) is 14.7. The van der Waals surface area contributed by atoms with Gasteiger partial charge in [0.25, 0.3) is 5.91 Å². The summed E-state index contributed by atoms with van der Waals surface area (Å²) < 4.78 is 1.84. The Balaban J connectivity index is 2.14. The van der Waals surface area contributed by atoms with E-state index in [1.807, 2.05) is 35.8 Å². The lowest BCUT2D eigenvalue weighted by Crippen LogP contribution is -2.16. The number of nitrogen functional groups attached to an aromatic ring is 1. The van der Waals surface area contributed by atoms with Crippen LogP contribution in [0.15, 0.2) is 36.5 Å². The number of benzene rings is 1. The zero-order valence-corrected chi connectivity index (χ0v) is 12.2. The number of rotatable bonds is 4. The van der Waals surface area contributed by atoms with Crippen molar-refractivity contribution in [1.82, 2.24) is 4.57 Å². The molecule has 1 aromatic carbocycles. The minimum atomic E-state index is -0.138. The van der Waals surface area contributed by atoms with Gasteiger partial charge < -0.3 is 15.6 Å². The number of nitrogens with zero attached hydrogens (tertiary/aromatic N) is 1. The Labute approximate surface area is 119 Å². The van der Waals surface area contributed by atoms with Crippen LogP contribution in [0.5, 0.6) is 0 Å². The second-order valence-electron chi connectivity index (χ2n) is 5.18. The first-order valence-corrected chi connectivity index (χ1v) is 6.88. The maximum atomic E-state index is 12.2. The number of aromatic nitrogens is 1. The first-order valence-electron chi connectivity index (χ1n) is 6.88. The monoisotopic (exact) mass is 271 g/mol. The van der Waals surface area contributed by atoms with Crippen molar-refractivity contribution in [1.29, 1.82) is 0 Å². The SMILES string of the molecule is CCn1cc(N)cc1C(=O)Nc1ccc(C(C)C)cc1. The molecule has 0 unspecified atom stereocenters. The predicted octanol–water partition coefficient (Wildman–Crippen LogP) is 3.47. The van der Waals surface area contributed by atoms with E-state index in [2.05, 4.69) is 19.2 Å². The lowest BCUT2D eigenvalue weighted by atomic mass is 10.0. The second-order valence-corrected chi connectivity index (χ2v) is 5.18. The number of nitrogens with one attached hydrogen (secondary N) is 1. The summed E-state index contributed by atoms with van der Waals surface area (Å²) in [6.07, 6.45) is 1.77. The van der Waals surface area contributed by atoms with E-state index >= 15 is 0 Å². The van der Waals surface area contributed by atoms with Crippen LogP contribution in [-0.4, -0.2) is 10.5 Å². The van der Waals surface area contributed by atoms with Gasteiger partial charge in [-0.05, 0) is 36.6 Å². The fourth-order valence-corrected chi connectivity index (χ4v) is 2.13. The first-order chi connectivity index (χ1) is 9.51. The highest BCUT2D eigenvalue weighted by Gasteiger charge is 2.12. The molecule has 0 saturated heterocycles. The summed E-state index contributed by atoms with van der Waals surface area (Å²) in [5.41, 5.74) is 8.97. The van der Waals surface area contributed by atoms with Crippen LogP contribution in [0.1, 0.15) is 42.7 Å². The van der Waals surface area contributed by atoms with Crippen molar-refractivity contribution in [3.63, 3.8) is 0 Å². The highest BCUT2D eigenvalue weighted by Crippen LogP contribution is 2.18. The number of hydrogen-bond donors (Lipinski definition) is 2. The normalized spacial score (nSPS) is 10.8. The van der Waals surface area contributed by atoms with Crippen LogP contribution in [0.2, 0.25) is 0 Å². The Morgan fingerprint density at radius 2 is 1.95 bits per heavy atom. The maximum absolute atomic E-state index is 12.2. The largest absolute Gasteiger partial charge is 0.397 e. The van der Waals surface area contributed by atoms with Gasteiger partial charge in [-0.15, -0.1) is 0 Å². The Morgan fingerprint density at radius 3 is 2.50 bits per heavy atom. The van der Waals surface area contributed by atoms with E-state index in [9.17, 15) is 4.79 Å². The standard InChI is InChI=1S/C16H21N3O/c1-4-19-10-13(17)9-15(19)16(20)18-14-7-5-12(6-8-14)11(2)3/h5-11H,4,17H2,1-3H3,(H,18,20). The van der Waals surface area contributed by atoms with Gasteiger partial charge in [0.15, 0.2) is 0 Å². The minimum Gasteiger partial charge on any atom is -0.397 e.